The minimum atomic E-state index is -0.568. The van der Waals surface area contributed by atoms with Crippen LogP contribution in [-0.2, 0) is 9.59 Å². The van der Waals surface area contributed by atoms with E-state index >= 15 is 0 Å². The van der Waals surface area contributed by atoms with E-state index in [-0.39, 0.29) is 30.8 Å². The van der Waals surface area contributed by atoms with Crippen LogP contribution in [0.25, 0.3) is 0 Å². The van der Waals surface area contributed by atoms with Crippen molar-refractivity contribution in [1.82, 2.24) is 4.90 Å². The van der Waals surface area contributed by atoms with Gasteiger partial charge in [0.25, 0.3) is 0 Å². The second kappa shape index (κ2) is 10.7. The molecule has 0 aliphatic heterocycles. The van der Waals surface area contributed by atoms with Crippen LogP contribution in [0.4, 0.5) is 5.69 Å². The lowest BCUT2D eigenvalue weighted by Gasteiger charge is -2.20. The minimum absolute atomic E-state index is 0. The van der Waals surface area contributed by atoms with Gasteiger partial charge in [-0.15, -0.1) is 12.4 Å². The summed E-state index contributed by atoms with van der Waals surface area (Å²) in [4.78, 5) is 25.2. The van der Waals surface area contributed by atoms with Crippen LogP contribution in [-0.4, -0.2) is 48.4 Å². The van der Waals surface area contributed by atoms with Crippen LogP contribution in [0.15, 0.2) is 24.3 Å². The van der Waals surface area contributed by atoms with E-state index in [0.29, 0.717) is 17.1 Å². The molecular weight excluding hydrogens is 345 g/mol. The average molecular weight is 366 g/mol. The predicted octanol–water partition coefficient (Wildman–Crippen LogP) is 2.24. The average Bonchev–Trinajstić information content (AvgIpc) is 2.43. The number of hydrogen-bond donors (Lipinski definition) is 2. The number of likely N-dealkylation sites (N-methyl/N-ethyl adjacent to an activating group) is 1. The lowest BCUT2D eigenvalue weighted by Crippen LogP contribution is -2.45. The Morgan fingerprint density at radius 3 is 2.73 bits per heavy atom. The molecule has 0 aliphatic carbocycles. The highest BCUT2D eigenvalue weighted by atomic mass is 35.5. The lowest BCUT2D eigenvalue weighted by atomic mass is 10.2. The van der Waals surface area contributed by atoms with E-state index in [1.54, 1.807) is 43.1 Å². The number of thioether (sulfide) groups is 1. The van der Waals surface area contributed by atoms with Crippen LogP contribution in [0.1, 0.15) is 6.42 Å². The quantitative estimate of drug-likeness (QED) is 0.776. The third kappa shape index (κ3) is 7.35. The number of hydrogen-bond acceptors (Lipinski definition) is 4. The summed E-state index contributed by atoms with van der Waals surface area (Å²) >= 11 is 7.47. The van der Waals surface area contributed by atoms with E-state index in [2.05, 4.69) is 5.32 Å². The Kier molecular flexibility index (Phi) is 10.3. The number of anilines is 1. The van der Waals surface area contributed by atoms with E-state index in [1.807, 2.05) is 6.26 Å². The maximum absolute atomic E-state index is 12.0. The van der Waals surface area contributed by atoms with Crippen LogP contribution in [0.2, 0.25) is 5.02 Å². The first-order chi connectivity index (χ1) is 9.93. The fourth-order valence-corrected chi connectivity index (χ4v) is 2.39. The number of benzene rings is 1. The van der Waals surface area contributed by atoms with Crippen molar-refractivity contribution in [2.75, 3.05) is 30.9 Å². The van der Waals surface area contributed by atoms with Crippen molar-refractivity contribution in [3.63, 3.8) is 0 Å². The molecule has 0 heterocycles. The smallest absolute Gasteiger partial charge is 0.243 e. The number of amides is 2. The molecule has 124 valence electrons. The van der Waals surface area contributed by atoms with Gasteiger partial charge in [0.05, 0.1) is 12.6 Å². The van der Waals surface area contributed by atoms with Gasteiger partial charge in [-0.3, -0.25) is 9.59 Å². The van der Waals surface area contributed by atoms with Crippen LogP contribution >= 0.6 is 35.8 Å². The summed E-state index contributed by atoms with van der Waals surface area (Å²) in [6.07, 6.45) is 2.56. The van der Waals surface area contributed by atoms with Gasteiger partial charge in [-0.25, -0.2) is 0 Å². The largest absolute Gasteiger partial charge is 0.335 e. The van der Waals surface area contributed by atoms with Crippen molar-refractivity contribution >= 4 is 53.3 Å². The van der Waals surface area contributed by atoms with E-state index in [4.69, 9.17) is 17.3 Å². The zero-order valence-electron chi connectivity index (χ0n) is 12.5. The third-order valence-corrected chi connectivity index (χ3v) is 3.69. The SMILES string of the molecule is CSCC[C@H](N)C(=O)N(C)CC(=O)Nc1cccc(Cl)c1.Cl. The van der Waals surface area contributed by atoms with Crippen molar-refractivity contribution in [1.29, 1.82) is 0 Å². The van der Waals surface area contributed by atoms with Crippen molar-refractivity contribution in [2.24, 2.45) is 5.73 Å². The molecule has 2 amide bonds. The summed E-state index contributed by atoms with van der Waals surface area (Å²) in [6.45, 7) is -0.0433. The van der Waals surface area contributed by atoms with Crippen molar-refractivity contribution < 1.29 is 9.59 Å². The van der Waals surface area contributed by atoms with Gasteiger partial charge < -0.3 is 16.0 Å². The summed E-state index contributed by atoms with van der Waals surface area (Å²) in [5, 5.41) is 3.23. The standard InChI is InChI=1S/C14H20ClN3O2S.ClH/c1-18(14(20)12(16)6-7-21-2)9-13(19)17-11-5-3-4-10(15)8-11;/h3-5,8,12H,6-7,9,16H2,1-2H3,(H,17,19);1H/t12-;/m0./s1. The molecule has 0 fully saturated rings. The van der Waals surface area contributed by atoms with Crippen molar-refractivity contribution in [3.05, 3.63) is 29.3 Å². The number of carbonyl (C=O) groups is 2. The summed E-state index contributed by atoms with van der Waals surface area (Å²) in [7, 11) is 1.57. The Morgan fingerprint density at radius 2 is 2.14 bits per heavy atom. The minimum Gasteiger partial charge on any atom is -0.335 e. The second-order valence-electron chi connectivity index (χ2n) is 4.64. The first-order valence-electron chi connectivity index (χ1n) is 6.49. The molecule has 3 N–H and O–H groups in total. The number of rotatable bonds is 7. The third-order valence-electron chi connectivity index (χ3n) is 2.82. The highest BCUT2D eigenvalue weighted by Gasteiger charge is 2.19. The zero-order chi connectivity index (χ0) is 15.8. The van der Waals surface area contributed by atoms with E-state index in [1.165, 1.54) is 4.90 Å². The highest BCUT2D eigenvalue weighted by Crippen LogP contribution is 2.14. The topological polar surface area (TPSA) is 75.4 Å². The predicted molar refractivity (Wildman–Crippen MR) is 95.9 cm³/mol. The van der Waals surface area contributed by atoms with E-state index < -0.39 is 6.04 Å². The van der Waals surface area contributed by atoms with Gasteiger partial charge in [0.2, 0.25) is 11.8 Å². The summed E-state index contributed by atoms with van der Waals surface area (Å²) in [5.74, 6) is 0.297. The molecule has 0 aliphatic rings. The Hall–Kier alpha value is -0.950. The molecule has 0 aromatic heterocycles. The molecule has 0 bridgehead atoms. The van der Waals surface area contributed by atoms with Gasteiger partial charge in [0.15, 0.2) is 0 Å². The monoisotopic (exact) mass is 365 g/mol. The molecule has 5 nitrogen and oxygen atoms in total. The van der Waals surface area contributed by atoms with Crippen LogP contribution in [0.3, 0.4) is 0 Å². The van der Waals surface area contributed by atoms with Gasteiger partial charge in [-0.1, -0.05) is 17.7 Å². The molecule has 0 spiro atoms. The van der Waals surface area contributed by atoms with Gasteiger partial charge in [0.1, 0.15) is 0 Å². The highest BCUT2D eigenvalue weighted by molar-refractivity contribution is 7.98. The molecule has 1 aromatic carbocycles. The first-order valence-corrected chi connectivity index (χ1v) is 8.26. The van der Waals surface area contributed by atoms with Crippen molar-refractivity contribution in [2.45, 2.75) is 12.5 Å². The van der Waals surface area contributed by atoms with Crippen LogP contribution < -0.4 is 11.1 Å². The molecule has 0 saturated heterocycles. The fourth-order valence-electron chi connectivity index (χ4n) is 1.71. The Labute approximate surface area is 146 Å². The Morgan fingerprint density at radius 1 is 1.45 bits per heavy atom. The molecule has 0 unspecified atom stereocenters. The normalized spacial score (nSPS) is 11.3. The van der Waals surface area contributed by atoms with Gasteiger partial charge >= 0.3 is 0 Å². The molecule has 1 rings (SSSR count). The Bertz CT molecular complexity index is 503. The molecule has 8 heteroatoms. The number of nitrogens with zero attached hydrogens (tertiary/aromatic N) is 1. The second-order valence-corrected chi connectivity index (χ2v) is 6.06. The Balaban J connectivity index is 0.00000441. The van der Waals surface area contributed by atoms with E-state index in [9.17, 15) is 9.59 Å². The number of carbonyl (C=O) groups excluding carboxylic acids is 2. The van der Waals surface area contributed by atoms with E-state index in [0.717, 1.165) is 5.75 Å². The molecule has 1 aromatic rings. The van der Waals surface area contributed by atoms with Gasteiger partial charge in [-0.2, -0.15) is 11.8 Å². The summed E-state index contributed by atoms with van der Waals surface area (Å²) < 4.78 is 0. The maximum atomic E-state index is 12.0. The number of nitrogens with two attached hydrogens (primary N) is 1. The summed E-state index contributed by atoms with van der Waals surface area (Å²) in [5.41, 5.74) is 6.40. The first kappa shape index (κ1) is 21.0. The molecule has 22 heavy (non-hydrogen) atoms. The maximum Gasteiger partial charge on any atom is 0.243 e. The molecule has 0 radical (unpaired) electrons. The fraction of sp³-hybridized carbons (Fsp3) is 0.429. The summed E-state index contributed by atoms with van der Waals surface area (Å²) in [6, 6.07) is 6.27. The molecular formula is C14H21Cl2N3O2S. The number of halogens is 2. The number of nitrogens with one attached hydrogen (secondary N) is 1. The van der Waals surface area contributed by atoms with Crippen LogP contribution in [0, 0.1) is 0 Å². The van der Waals surface area contributed by atoms with Gasteiger partial charge in [0, 0.05) is 17.8 Å². The lowest BCUT2D eigenvalue weighted by molar-refractivity contribution is -0.134. The van der Waals surface area contributed by atoms with Crippen molar-refractivity contribution in [3.8, 4) is 0 Å². The zero-order valence-corrected chi connectivity index (χ0v) is 14.9. The van der Waals surface area contributed by atoms with Crippen LogP contribution in [0.5, 0.6) is 0 Å². The molecule has 1 atom stereocenters. The molecule has 0 saturated carbocycles. The van der Waals surface area contributed by atoms with Gasteiger partial charge in [-0.05, 0) is 36.6 Å².